The van der Waals surface area contributed by atoms with Gasteiger partial charge in [0, 0.05) is 31.6 Å². The molecular formula is C22H29N3O2. The molecule has 5 heteroatoms. The van der Waals surface area contributed by atoms with Gasteiger partial charge in [-0.25, -0.2) is 0 Å². The van der Waals surface area contributed by atoms with Crippen LogP contribution in [0.1, 0.15) is 41.8 Å². The second-order valence-electron chi connectivity index (χ2n) is 6.43. The molecule has 0 fully saturated rings. The maximum Gasteiger partial charge on any atom is 0.251 e. The van der Waals surface area contributed by atoms with E-state index in [4.69, 9.17) is 0 Å². The minimum Gasteiger partial charge on any atom is -0.352 e. The van der Waals surface area contributed by atoms with Crippen LogP contribution in [0.15, 0.2) is 54.6 Å². The molecule has 0 aliphatic rings. The van der Waals surface area contributed by atoms with Crippen LogP contribution < -0.4 is 10.6 Å². The Labute approximate surface area is 161 Å². The number of nitrogens with one attached hydrogen (secondary N) is 2. The van der Waals surface area contributed by atoms with Crippen LogP contribution in [-0.4, -0.2) is 36.3 Å². The fraction of sp³-hybridized carbons (Fsp3) is 0.364. The Morgan fingerprint density at radius 1 is 0.852 bits per heavy atom. The molecule has 0 bridgehead atoms. The van der Waals surface area contributed by atoms with E-state index in [1.807, 2.05) is 18.2 Å². The Morgan fingerprint density at radius 3 is 2.11 bits per heavy atom. The number of nitrogens with zero attached hydrogens (tertiary/aromatic N) is 1. The highest BCUT2D eigenvalue weighted by Crippen LogP contribution is 2.07. The molecule has 2 rings (SSSR count). The van der Waals surface area contributed by atoms with Crippen LogP contribution in [0.5, 0.6) is 0 Å². The Balaban J connectivity index is 1.68. The monoisotopic (exact) mass is 367 g/mol. The van der Waals surface area contributed by atoms with Gasteiger partial charge in [-0.05, 0) is 36.3 Å². The number of hydrogen-bond acceptors (Lipinski definition) is 3. The number of benzene rings is 2. The van der Waals surface area contributed by atoms with Gasteiger partial charge in [-0.15, -0.1) is 0 Å². The van der Waals surface area contributed by atoms with E-state index in [0.29, 0.717) is 18.7 Å². The summed E-state index contributed by atoms with van der Waals surface area (Å²) in [5, 5.41) is 5.65. The van der Waals surface area contributed by atoms with Gasteiger partial charge in [-0.1, -0.05) is 56.3 Å². The van der Waals surface area contributed by atoms with Gasteiger partial charge in [0.05, 0.1) is 0 Å². The lowest BCUT2D eigenvalue weighted by atomic mass is 10.1. The zero-order chi connectivity index (χ0) is 19.5. The molecule has 2 N–H and O–H groups in total. The second-order valence-corrected chi connectivity index (χ2v) is 6.43. The van der Waals surface area contributed by atoms with Gasteiger partial charge in [0.2, 0.25) is 5.91 Å². The van der Waals surface area contributed by atoms with Crippen molar-refractivity contribution in [2.75, 3.05) is 19.6 Å². The first kappa shape index (κ1) is 20.6. The first-order chi connectivity index (χ1) is 13.1. The van der Waals surface area contributed by atoms with Crippen LogP contribution in [0.25, 0.3) is 0 Å². The predicted octanol–water partition coefficient (Wildman–Crippen LogP) is 2.96. The van der Waals surface area contributed by atoms with Crippen molar-refractivity contribution in [3.05, 3.63) is 71.3 Å². The Morgan fingerprint density at radius 2 is 1.48 bits per heavy atom. The quantitative estimate of drug-likeness (QED) is 0.679. The van der Waals surface area contributed by atoms with Crippen LogP contribution in [0.4, 0.5) is 0 Å². The van der Waals surface area contributed by atoms with E-state index < -0.39 is 0 Å². The predicted molar refractivity (Wildman–Crippen MR) is 108 cm³/mol. The summed E-state index contributed by atoms with van der Waals surface area (Å²) in [5.41, 5.74) is 2.94. The maximum atomic E-state index is 12.0. The average Bonchev–Trinajstić information content (AvgIpc) is 2.72. The van der Waals surface area contributed by atoms with Crippen LogP contribution in [0, 0.1) is 0 Å². The summed E-state index contributed by atoms with van der Waals surface area (Å²) < 4.78 is 0. The molecule has 0 spiro atoms. The average molecular weight is 367 g/mol. The first-order valence-corrected chi connectivity index (χ1v) is 9.52. The molecule has 0 aliphatic carbocycles. The lowest BCUT2D eigenvalue weighted by Crippen LogP contribution is -2.30. The van der Waals surface area contributed by atoms with E-state index in [1.165, 1.54) is 5.56 Å². The molecule has 144 valence electrons. The highest BCUT2D eigenvalue weighted by atomic mass is 16.2. The van der Waals surface area contributed by atoms with Gasteiger partial charge in [0.25, 0.3) is 5.91 Å². The van der Waals surface area contributed by atoms with Gasteiger partial charge in [-0.2, -0.15) is 0 Å². The highest BCUT2D eigenvalue weighted by molar-refractivity contribution is 5.94. The Kier molecular flexibility index (Phi) is 8.52. The summed E-state index contributed by atoms with van der Waals surface area (Å²) in [6, 6.07) is 17.3. The van der Waals surface area contributed by atoms with Crippen molar-refractivity contribution in [3.63, 3.8) is 0 Å². The van der Waals surface area contributed by atoms with E-state index in [2.05, 4.69) is 53.6 Å². The largest absolute Gasteiger partial charge is 0.352 e. The zero-order valence-electron chi connectivity index (χ0n) is 16.2. The third-order valence-corrected chi connectivity index (χ3v) is 4.49. The topological polar surface area (TPSA) is 61.4 Å². The molecule has 0 radical (unpaired) electrons. The van der Waals surface area contributed by atoms with Crippen LogP contribution in [0.2, 0.25) is 0 Å². The number of hydrogen-bond donors (Lipinski definition) is 2. The summed E-state index contributed by atoms with van der Waals surface area (Å²) in [5.74, 6) is -0.234. The lowest BCUT2D eigenvalue weighted by molar-refractivity contribution is -0.121. The molecular weight excluding hydrogens is 338 g/mol. The van der Waals surface area contributed by atoms with E-state index >= 15 is 0 Å². The molecule has 2 aromatic rings. The summed E-state index contributed by atoms with van der Waals surface area (Å²) >= 11 is 0. The van der Waals surface area contributed by atoms with E-state index in [0.717, 1.165) is 25.2 Å². The van der Waals surface area contributed by atoms with Gasteiger partial charge in [0.1, 0.15) is 0 Å². The van der Waals surface area contributed by atoms with Crippen LogP contribution >= 0.6 is 0 Å². The van der Waals surface area contributed by atoms with Gasteiger partial charge >= 0.3 is 0 Å². The van der Waals surface area contributed by atoms with E-state index in [9.17, 15) is 9.59 Å². The highest BCUT2D eigenvalue weighted by Gasteiger charge is 2.06. The Bertz CT molecular complexity index is 710. The molecule has 27 heavy (non-hydrogen) atoms. The van der Waals surface area contributed by atoms with Crippen LogP contribution in [-0.2, 0) is 17.9 Å². The Hall–Kier alpha value is -2.66. The summed E-state index contributed by atoms with van der Waals surface area (Å²) in [4.78, 5) is 26.2. The normalized spacial score (nSPS) is 10.6. The van der Waals surface area contributed by atoms with Crippen molar-refractivity contribution in [2.45, 2.75) is 33.4 Å². The third kappa shape index (κ3) is 7.23. The van der Waals surface area contributed by atoms with Gasteiger partial charge in [-0.3, -0.25) is 14.5 Å². The third-order valence-electron chi connectivity index (χ3n) is 4.49. The van der Waals surface area contributed by atoms with Gasteiger partial charge < -0.3 is 10.6 Å². The number of amides is 2. The molecule has 5 nitrogen and oxygen atoms in total. The molecule has 0 unspecified atom stereocenters. The maximum absolute atomic E-state index is 12.0. The van der Waals surface area contributed by atoms with Crippen molar-refractivity contribution >= 4 is 11.8 Å². The van der Waals surface area contributed by atoms with Crippen molar-refractivity contribution in [1.82, 2.24) is 15.5 Å². The molecule has 0 atom stereocenters. The number of rotatable bonds is 10. The fourth-order valence-corrected chi connectivity index (χ4v) is 2.74. The molecule has 2 amide bonds. The van der Waals surface area contributed by atoms with E-state index in [-0.39, 0.29) is 18.2 Å². The van der Waals surface area contributed by atoms with Gasteiger partial charge in [0.15, 0.2) is 0 Å². The lowest BCUT2D eigenvalue weighted by Gasteiger charge is -2.18. The number of carbonyl (C=O) groups is 2. The van der Waals surface area contributed by atoms with Crippen molar-refractivity contribution in [2.24, 2.45) is 0 Å². The molecule has 0 aliphatic heterocycles. The molecule has 0 aromatic heterocycles. The number of carbonyl (C=O) groups excluding carboxylic acids is 2. The zero-order valence-corrected chi connectivity index (χ0v) is 16.2. The minimum atomic E-state index is -0.160. The SMILES string of the molecule is CCN(CC)Cc1ccc(CNC(=O)CCNC(=O)c2ccccc2)cc1. The van der Waals surface area contributed by atoms with Crippen molar-refractivity contribution < 1.29 is 9.59 Å². The molecule has 0 saturated heterocycles. The van der Waals surface area contributed by atoms with E-state index in [1.54, 1.807) is 12.1 Å². The summed E-state index contributed by atoms with van der Waals surface area (Å²) in [7, 11) is 0. The second kappa shape index (κ2) is 11.1. The molecule has 0 heterocycles. The summed E-state index contributed by atoms with van der Waals surface area (Å²) in [6.07, 6.45) is 0.263. The van der Waals surface area contributed by atoms with Crippen molar-refractivity contribution in [3.8, 4) is 0 Å². The minimum absolute atomic E-state index is 0.0735. The molecule has 0 saturated carbocycles. The standard InChI is InChI=1S/C22H29N3O2/c1-3-25(4-2)17-19-12-10-18(11-13-19)16-24-21(26)14-15-23-22(27)20-8-6-5-7-9-20/h5-13H,3-4,14-17H2,1-2H3,(H,23,27)(H,24,26). The smallest absolute Gasteiger partial charge is 0.251 e. The molecule has 2 aromatic carbocycles. The summed E-state index contributed by atoms with van der Waals surface area (Å²) in [6.45, 7) is 8.16. The van der Waals surface area contributed by atoms with Crippen LogP contribution in [0.3, 0.4) is 0 Å². The van der Waals surface area contributed by atoms with Crippen molar-refractivity contribution in [1.29, 1.82) is 0 Å². The fourth-order valence-electron chi connectivity index (χ4n) is 2.74. The first-order valence-electron chi connectivity index (χ1n) is 9.52.